The third-order valence-corrected chi connectivity index (χ3v) is 4.49. The van der Waals surface area contributed by atoms with E-state index in [1.165, 1.54) is 0 Å². The second-order valence-corrected chi connectivity index (χ2v) is 6.90. The molecule has 4 rings (SSSR count). The summed E-state index contributed by atoms with van der Waals surface area (Å²) in [6, 6.07) is 16.5. The van der Waals surface area contributed by atoms with E-state index in [9.17, 15) is 5.11 Å². The van der Waals surface area contributed by atoms with Crippen molar-refractivity contribution in [1.29, 1.82) is 0 Å². The maximum atomic E-state index is 9.90. The van der Waals surface area contributed by atoms with Gasteiger partial charge in [-0.05, 0) is 67.4 Å². The SMILES string of the molecule is Cc1cc(C)c2oc(-c3cccc(N=Cc4cc(Cl)ccc4O)c3)nc2c1. The van der Waals surface area contributed by atoms with Gasteiger partial charge in [0.2, 0.25) is 5.89 Å². The molecule has 0 radical (unpaired) electrons. The van der Waals surface area contributed by atoms with Crippen LogP contribution in [-0.4, -0.2) is 16.3 Å². The highest BCUT2D eigenvalue weighted by Crippen LogP contribution is 2.29. The van der Waals surface area contributed by atoms with E-state index >= 15 is 0 Å². The predicted octanol–water partition coefficient (Wildman–Crippen LogP) is 6.22. The number of phenolic OH excluding ortho intramolecular Hbond substituents is 1. The first-order valence-corrected chi connectivity index (χ1v) is 8.88. The Hall–Kier alpha value is -3.11. The molecule has 0 saturated heterocycles. The molecule has 4 nitrogen and oxygen atoms in total. The second kappa shape index (κ2) is 6.89. The third kappa shape index (κ3) is 3.57. The van der Waals surface area contributed by atoms with Gasteiger partial charge in [0.25, 0.3) is 0 Å². The fourth-order valence-corrected chi connectivity index (χ4v) is 3.17. The Morgan fingerprint density at radius 1 is 1.07 bits per heavy atom. The van der Waals surface area contributed by atoms with Crippen LogP contribution < -0.4 is 0 Å². The van der Waals surface area contributed by atoms with Crippen molar-refractivity contribution < 1.29 is 9.52 Å². The van der Waals surface area contributed by atoms with Crippen LogP contribution >= 0.6 is 11.6 Å². The number of oxazole rings is 1. The van der Waals surface area contributed by atoms with Crippen LogP contribution in [0.1, 0.15) is 16.7 Å². The topological polar surface area (TPSA) is 58.6 Å². The molecule has 0 unspecified atom stereocenters. The van der Waals surface area contributed by atoms with Gasteiger partial charge in [-0.2, -0.15) is 0 Å². The van der Waals surface area contributed by atoms with Gasteiger partial charge in [-0.25, -0.2) is 4.98 Å². The smallest absolute Gasteiger partial charge is 0.227 e. The lowest BCUT2D eigenvalue weighted by molar-refractivity contribution is 0.474. The highest BCUT2D eigenvalue weighted by Gasteiger charge is 2.11. The van der Waals surface area contributed by atoms with E-state index in [4.69, 9.17) is 16.0 Å². The van der Waals surface area contributed by atoms with Gasteiger partial charge < -0.3 is 9.52 Å². The van der Waals surface area contributed by atoms with E-state index < -0.39 is 0 Å². The Labute approximate surface area is 161 Å². The number of aromatic nitrogens is 1. The van der Waals surface area contributed by atoms with Gasteiger partial charge in [-0.1, -0.05) is 23.7 Å². The number of benzene rings is 3. The van der Waals surface area contributed by atoms with Crippen LogP contribution in [0.2, 0.25) is 5.02 Å². The first kappa shape index (κ1) is 17.3. The number of aromatic hydroxyl groups is 1. The predicted molar refractivity (Wildman–Crippen MR) is 109 cm³/mol. The van der Waals surface area contributed by atoms with E-state index in [1.807, 2.05) is 44.2 Å². The van der Waals surface area contributed by atoms with Crippen molar-refractivity contribution in [2.45, 2.75) is 13.8 Å². The maximum absolute atomic E-state index is 9.90. The standard InChI is InChI=1S/C22H17ClN2O2/c1-13-8-14(2)21-19(9-13)25-22(27-21)15-4-3-5-18(11-15)24-12-16-10-17(23)6-7-20(16)26/h3-12,26H,1-2H3. The minimum Gasteiger partial charge on any atom is -0.507 e. The molecule has 0 aliphatic rings. The van der Waals surface area contributed by atoms with Crippen molar-refractivity contribution in [3.05, 3.63) is 76.3 Å². The average Bonchev–Trinajstić information content (AvgIpc) is 3.07. The molecular formula is C22H17ClN2O2. The summed E-state index contributed by atoms with van der Waals surface area (Å²) in [4.78, 5) is 9.05. The molecule has 134 valence electrons. The number of rotatable bonds is 3. The van der Waals surface area contributed by atoms with Crippen molar-refractivity contribution in [3.63, 3.8) is 0 Å². The molecular weight excluding hydrogens is 360 g/mol. The van der Waals surface area contributed by atoms with Crippen molar-refractivity contribution in [3.8, 4) is 17.2 Å². The molecule has 3 aromatic carbocycles. The summed E-state index contributed by atoms with van der Waals surface area (Å²) in [5.41, 5.74) is 5.98. The lowest BCUT2D eigenvalue weighted by Crippen LogP contribution is -1.82. The van der Waals surface area contributed by atoms with Crippen molar-refractivity contribution in [2.75, 3.05) is 0 Å². The van der Waals surface area contributed by atoms with E-state index in [1.54, 1.807) is 24.4 Å². The van der Waals surface area contributed by atoms with Crippen molar-refractivity contribution >= 4 is 34.6 Å². The number of hydrogen-bond acceptors (Lipinski definition) is 4. The molecule has 0 aliphatic carbocycles. The minimum absolute atomic E-state index is 0.129. The van der Waals surface area contributed by atoms with Gasteiger partial charge >= 0.3 is 0 Å². The van der Waals surface area contributed by atoms with Gasteiger partial charge in [0, 0.05) is 22.4 Å². The first-order chi connectivity index (χ1) is 13.0. The summed E-state index contributed by atoms with van der Waals surface area (Å²) < 4.78 is 5.97. The quantitative estimate of drug-likeness (QED) is 0.432. The number of aryl methyl sites for hydroxylation is 2. The molecule has 0 atom stereocenters. The normalized spacial score (nSPS) is 11.5. The summed E-state index contributed by atoms with van der Waals surface area (Å²) in [5, 5.41) is 10.4. The van der Waals surface area contributed by atoms with Gasteiger partial charge in [0.05, 0.1) is 5.69 Å². The van der Waals surface area contributed by atoms with E-state index in [2.05, 4.69) is 16.0 Å². The third-order valence-electron chi connectivity index (χ3n) is 4.26. The van der Waals surface area contributed by atoms with Crippen molar-refractivity contribution in [1.82, 2.24) is 4.98 Å². The molecule has 0 bridgehead atoms. The molecule has 0 saturated carbocycles. The molecule has 1 N–H and O–H groups in total. The Balaban J connectivity index is 1.69. The van der Waals surface area contributed by atoms with Crippen LogP contribution in [0.25, 0.3) is 22.6 Å². The lowest BCUT2D eigenvalue weighted by atomic mass is 10.1. The zero-order chi connectivity index (χ0) is 19.0. The summed E-state index contributed by atoms with van der Waals surface area (Å²) in [7, 11) is 0. The monoisotopic (exact) mass is 376 g/mol. The van der Waals surface area contributed by atoms with Gasteiger partial charge in [-0.15, -0.1) is 0 Å². The Kier molecular flexibility index (Phi) is 4.42. The van der Waals surface area contributed by atoms with Crippen LogP contribution in [0.3, 0.4) is 0 Å². The summed E-state index contributed by atoms with van der Waals surface area (Å²) >= 11 is 5.97. The van der Waals surface area contributed by atoms with E-state index in [0.717, 1.165) is 33.5 Å². The number of phenols is 1. The van der Waals surface area contributed by atoms with Crippen molar-refractivity contribution in [2.24, 2.45) is 4.99 Å². The zero-order valence-corrected chi connectivity index (χ0v) is 15.7. The van der Waals surface area contributed by atoms with Crippen LogP contribution in [0.15, 0.2) is 64.0 Å². The van der Waals surface area contributed by atoms with E-state index in [0.29, 0.717) is 16.5 Å². The number of hydrogen-bond donors (Lipinski definition) is 1. The zero-order valence-electron chi connectivity index (χ0n) is 14.9. The first-order valence-electron chi connectivity index (χ1n) is 8.50. The summed E-state index contributed by atoms with van der Waals surface area (Å²) in [6.07, 6.45) is 1.58. The van der Waals surface area contributed by atoms with Gasteiger partial charge in [-0.3, -0.25) is 4.99 Å². The molecule has 0 spiro atoms. The number of aliphatic imine (C=N–C) groups is 1. The van der Waals surface area contributed by atoms with Crippen LogP contribution in [0.4, 0.5) is 5.69 Å². The molecule has 5 heteroatoms. The molecule has 1 heterocycles. The van der Waals surface area contributed by atoms with Crippen LogP contribution in [-0.2, 0) is 0 Å². The van der Waals surface area contributed by atoms with Crippen LogP contribution in [0, 0.1) is 13.8 Å². The minimum atomic E-state index is 0.129. The Morgan fingerprint density at radius 3 is 2.78 bits per heavy atom. The van der Waals surface area contributed by atoms with E-state index in [-0.39, 0.29) is 5.75 Å². The molecule has 27 heavy (non-hydrogen) atoms. The fourth-order valence-electron chi connectivity index (χ4n) is 2.99. The largest absolute Gasteiger partial charge is 0.507 e. The average molecular weight is 377 g/mol. The van der Waals surface area contributed by atoms with Crippen LogP contribution in [0.5, 0.6) is 5.75 Å². The number of halogens is 1. The Morgan fingerprint density at radius 2 is 1.93 bits per heavy atom. The maximum Gasteiger partial charge on any atom is 0.227 e. The molecule has 0 fully saturated rings. The highest BCUT2D eigenvalue weighted by molar-refractivity contribution is 6.30. The second-order valence-electron chi connectivity index (χ2n) is 6.46. The molecule has 0 amide bonds. The highest BCUT2D eigenvalue weighted by atomic mass is 35.5. The lowest BCUT2D eigenvalue weighted by Gasteiger charge is -2.00. The van der Waals surface area contributed by atoms with Gasteiger partial charge in [0.1, 0.15) is 11.3 Å². The van der Waals surface area contributed by atoms with Gasteiger partial charge in [0.15, 0.2) is 5.58 Å². The molecule has 1 aromatic heterocycles. The number of nitrogens with zero attached hydrogens (tertiary/aromatic N) is 2. The number of fused-ring (bicyclic) bond motifs is 1. The summed E-state index contributed by atoms with van der Waals surface area (Å²) in [6.45, 7) is 4.06. The fraction of sp³-hybridized carbons (Fsp3) is 0.0909. The Bertz CT molecular complexity index is 1180. The molecule has 4 aromatic rings. The summed E-state index contributed by atoms with van der Waals surface area (Å²) in [5.74, 6) is 0.686. The molecule has 0 aliphatic heterocycles.